The van der Waals surface area contributed by atoms with E-state index >= 15 is 0 Å². The van der Waals surface area contributed by atoms with E-state index in [1.54, 1.807) is 6.33 Å². The summed E-state index contributed by atoms with van der Waals surface area (Å²) in [5.74, 6) is 0.945. The van der Waals surface area contributed by atoms with Gasteiger partial charge >= 0.3 is 0 Å². The standard InChI is InChI=1S/C17H24N6/c1-12-9-17(19-11-18-12)20-13-5-7-23(8-6-13)10-16-14-3-2-4-15(14)21-22-16/h9,11,13H,2-8,10H2,1H3,(H,21,22)(H,18,19,20). The van der Waals surface area contributed by atoms with Crippen LogP contribution < -0.4 is 5.32 Å². The number of aryl methyl sites for hydroxylation is 2. The Morgan fingerprint density at radius 1 is 1.26 bits per heavy atom. The van der Waals surface area contributed by atoms with Crippen molar-refractivity contribution >= 4 is 5.82 Å². The van der Waals surface area contributed by atoms with Crippen LogP contribution in [0.15, 0.2) is 12.4 Å². The normalized spacial score (nSPS) is 19.0. The van der Waals surface area contributed by atoms with Crippen LogP contribution in [0.25, 0.3) is 0 Å². The van der Waals surface area contributed by atoms with Crippen LogP contribution in [0.5, 0.6) is 0 Å². The number of aromatic nitrogens is 4. The highest BCUT2D eigenvalue weighted by molar-refractivity contribution is 5.35. The van der Waals surface area contributed by atoms with Crippen LogP contribution in [-0.4, -0.2) is 44.2 Å². The lowest BCUT2D eigenvalue weighted by atomic mass is 10.0. The van der Waals surface area contributed by atoms with Gasteiger partial charge in [-0.15, -0.1) is 0 Å². The molecule has 2 N–H and O–H groups in total. The van der Waals surface area contributed by atoms with Gasteiger partial charge in [0.2, 0.25) is 0 Å². The molecule has 6 heteroatoms. The molecular weight excluding hydrogens is 288 g/mol. The predicted molar refractivity (Wildman–Crippen MR) is 89.3 cm³/mol. The molecule has 1 aliphatic heterocycles. The topological polar surface area (TPSA) is 69.7 Å². The van der Waals surface area contributed by atoms with Crippen LogP contribution in [-0.2, 0) is 19.4 Å². The molecule has 2 aromatic rings. The number of rotatable bonds is 4. The Hall–Kier alpha value is -1.95. The highest BCUT2D eigenvalue weighted by Gasteiger charge is 2.23. The summed E-state index contributed by atoms with van der Waals surface area (Å²) in [6, 6.07) is 2.52. The molecule has 1 aliphatic carbocycles. The van der Waals surface area contributed by atoms with Gasteiger partial charge in [0, 0.05) is 43.1 Å². The molecule has 0 atom stereocenters. The van der Waals surface area contributed by atoms with Crippen molar-refractivity contribution in [2.75, 3.05) is 18.4 Å². The number of hydrogen-bond donors (Lipinski definition) is 2. The number of nitrogens with zero attached hydrogens (tertiary/aromatic N) is 4. The average molecular weight is 312 g/mol. The lowest BCUT2D eigenvalue weighted by Crippen LogP contribution is -2.39. The fourth-order valence-electron chi connectivity index (χ4n) is 3.71. The Kier molecular flexibility index (Phi) is 3.99. The first-order valence-corrected chi connectivity index (χ1v) is 8.60. The minimum Gasteiger partial charge on any atom is -0.367 e. The molecule has 6 nitrogen and oxygen atoms in total. The largest absolute Gasteiger partial charge is 0.367 e. The molecule has 2 aromatic heterocycles. The van der Waals surface area contributed by atoms with E-state index in [0.717, 1.165) is 44.0 Å². The first-order valence-electron chi connectivity index (χ1n) is 8.60. The SMILES string of the molecule is Cc1cc(NC2CCN(Cc3n[nH]c4c3CCC4)CC2)ncn1. The molecule has 1 fully saturated rings. The Morgan fingerprint density at radius 3 is 2.96 bits per heavy atom. The van der Waals surface area contributed by atoms with Gasteiger partial charge in [-0.2, -0.15) is 5.10 Å². The second-order valence-corrected chi connectivity index (χ2v) is 6.72. The van der Waals surface area contributed by atoms with Gasteiger partial charge < -0.3 is 5.32 Å². The zero-order valence-corrected chi connectivity index (χ0v) is 13.7. The predicted octanol–water partition coefficient (Wildman–Crippen LogP) is 2.07. The molecule has 1 saturated heterocycles. The summed E-state index contributed by atoms with van der Waals surface area (Å²) >= 11 is 0. The number of nitrogens with one attached hydrogen (secondary N) is 2. The van der Waals surface area contributed by atoms with Crippen LogP contribution >= 0.6 is 0 Å². The van der Waals surface area contributed by atoms with Crippen molar-refractivity contribution in [1.29, 1.82) is 0 Å². The molecule has 0 bridgehead atoms. The van der Waals surface area contributed by atoms with Crippen molar-refractivity contribution in [3.05, 3.63) is 35.0 Å². The Labute approximate surface area is 136 Å². The maximum atomic E-state index is 4.53. The van der Waals surface area contributed by atoms with Crippen molar-refractivity contribution in [2.24, 2.45) is 0 Å². The van der Waals surface area contributed by atoms with E-state index < -0.39 is 0 Å². The lowest BCUT2D eigenvalue weighted by molar-refractivity contribution is 0.208. The highest BCUT2D eigenvalue weighted by atomic mass is 15.2. The minimum atomic E-state index is 0.505. The molecule has 0 radical (unpaired) electrons. The van der Waals surface area contributed by atoms with Crippen molar-refractivity contribution in [1.82, 2.24) is 25.1 Å². The smallest absolute Gasteiger partial charge is 0.129 e. The van der Waals surface area contributed by atoms with E-state index in [-0.39, 0.29) is 0 Å². The van der Waals surface area contributed by atoms with Crippen LogP contribution in [0.2, 0.25) is 0 Å². The number of aromatic amines is 1. The van der Waals surface area contributed by atoms with E-state index in [0.29, 0.717) is 6.04 Å². The number of fused-ring (bicyclic) bond motifs is 1. The molecule has 23 heavy (non-hydrogen) atoms. The maximum absolute atomic E-state index is 4.53. The van der Waals surface area contributed by atoms with Gasteiger partial charge in [-0.05, 0) is 44.6 Å². The van der Waals surface area contributed by atoms with Crippen molar-refractivity contribution in [3.63, 3.8) is 0 Å². The third-order valence-electron chi connectivity index (χ3n) is 5.01. The van der Waals surface area contributed by atoms with Crippen molar-refractivity contribution in [3.8, 4) is 0 Å². The number of hydrogen-bond acceptors (Lipinski definition) is 5. The van der Waals surface area contributed by atoms with Gasteiger partial charge in [0.05, 0.1) is 5.69 Å². The van der Waals surface area contributed by atoms with E-state index in [1.165, 1.54) is 36.2 Å². The molecule has 2 aliphatic rings. The maximum Gasteiger partial charge on any atom is 0.129 e. The summed E-state index contributed by atoms with van der Waals surface area (Å²) in [5, 5.41) is 11.3. The molecule has 122 valence electrons. The molecule has 0 spiro atoms. The molecule has 0 saturated carbocycles. The average Bonchev–Trinajstić information content (AvgIpc) is 3.14. The second-order valence-electron chi connectivity index (χ2n) is 6.72. The van der Waals surface area contributed by atoms with Gasteiger partial charge in [0.15, 0.2) is 0 Å². The van der Waals surface area contributed by atoms with Crippen LogP contribution in [0.4, 0.5) is 5.82 Å². The summed E-state index contributed by atoms with van der Waals surface area (Å²) in [4.78, 5) is 11.0. The number of piperidine rings is 1. The van der Waals surface area contributed by atoms with E-state index in [9.17, 15) is 0 Å². The fourth-order valence-corrected chi connectivity index (χ4v) is 3.71. The van der Waals surface area contributed by atoms with Gasteiger partial charge in [-0.1, -0.05) is 0 Å². The molecule has 3 heterocycles. The Morgan fingerprint density at radius 2 is 2.13 bits per heavy atom. The first kappa shape index (κ1) is 14.6. The molecule has 0 aromatic carbocycles. The molecule has 4 rings (SSSR count). The highest BCUT2D eigenvalue weighted by Crippen LogP contribution is 2.25. The number of H-pyrrole nitrogens is 1. The molecular formula is C17H24N6. The second kappa shape index (κ2) is 6.28. The summed E-state index contributed by atoms with van der Waals surface area (Å²) in [6.45, 7) is 5.22. The monoisotopic (exact) mass is 312 g/mol. The van der Waals surface area contributed by atoms with E-state index in [4.69, 9.17) is 0 Å². The Balaban J connectivity index is 1.30. The van der Waals surface area contributed by atoms with Crippen LogP contribution in [0.3, 0.4) is 0 Å². The minimum absolute atomic E-state index is 0.505. The fraction of sp³-hybridized carbons (Fsp3) is 0.588. The van der Waals surface area contributed by atoms with Crippen LogP contribution in [0, 0.1) is 6.92 Å². The van der Waals surface area contributed by atoms with Crippen molar-refractivity contribution < 1.29 is 0 Å². The van der Waals surface area contributed by atoms with Gasteiger partial charge in [-0.3, -0.25) is 10.00 Å². The Bertz CT molecular complexity index is 671. The summed E-state index contributed by atoms with van der Waals surface area (Å²) < 4.78 is 0. The van der Waals surface area contributed by atoms with Crippen molar-refractivity contribution in [2.45, 2.75) is 51.6 Å². The van der Waals surface area contributed by atoms with Gasteiger partial charge in [0.25, 0.3) is 0 Å². The third-order valence-corrected chi connectivity index (χ3v) is 5.01. The first-order chi connectivity index (χ1) is 11.3. The number of anilines is 1. The number of likely N-dealkylation sites (tertiary alicyclic amines) is 1. The summed E-state index contributed by atoms with van der Waals surface area (Å²) in [5.41, 5.74) is 5.14. The quantitative estimate of drug-likeness (QED) is 0.904. The molecule has 0 amide bonds. The van der Waals surface area contributed by atoms with Crippen LogP contribution in [0.1, 0.15) is 41.9 Å². The zero-order valence-electron chi connectivity index (χ0n) is 13.7. The summed E-state index contributed by atoms with van der Waals surface area (Å²) in [7, 11) is 0. The van der Waals surface area contributed by atoms with Gasteiger partial charge in [-0.25, -0.2) is 9.97 Å². The van der Waals surface area contributed by atoms with Gasteiger partial charge in [0.1, 0.15) is 12.1 Å². The lowest BCUT2D eigenvalue weighted by Gasteiger charge is -2.32. The zero-order chi connectivity index (χ0) is 15.6. The van der Waals surface area contributed by atoms with E-state index in [1.807, 2.05) is 13.0 Å². The van der Waals surface area contributed by atoms with E-state index in [2.05, 4.69) is 30.4 Å². The molecule has 0 unspecified atom stereocenters. The third kappa shape index (κ3) is 3.22. The summed E-state index contributed by atoms with van der Waals surface area (Å²) in [6.07, 6.45) is 7.58.